The monoisotopic (exact) mass is 412 g/mol. The van der Waals surface area contributed by atoms with E-state index in [0.717, 1.165) is 18.9 Å². The summed E-state index contributed by atoms with van der Waals surface area (Å²) in [6.45, 7) is 0.517. The highest BCUT2D eigenvalue weighted by Crippen LogP contribution is 2.29. The Kier molecular flexibility index (Phi) is 8.20. The van der Waals surface area contributed by atoms with Gasteiger partial charge in [-0.05, 0) is 25.2 Å². The molecule has 0 amide bonds. The van der Waals surface area contributed by atoms with Gasteiger partial charge >= 0.3 is 15.5 Å². The van der Waals surface area contributed by atoms with Crippen LogP contribution in [0.5, 0.6) is 0 Å². The summed E-state index contributed by atoms with van der Waals surface area (Å²) in [4.78, 5) is 4.15. The van der Waals surface area contributed by atoms with Gasteiger partial charge in [0, 0.05) is 32.7 Å². The molecule has 1 aliphatic carbocycles. The zero-order valence-corrected chi connectivity index (χ0v) is 16.7. The van der Waals surface area contributed by atoms with Crippen LogP contribution in [-0.4, -0.2) is 56.9 Å². The predicted molar refractivity (Wildman–Crippen MR) is 99.9 cm³/mol. The number of rotatable bonds is 7. The van der Waals surface area contributed by atoms with Crippen molar-refractivity contribution in [2.24, 2.45) is 10.9 Å². The van der Waals surface area contributed by atoms with Crippen LogP contribution in [0.1, 0.15) is 57.8 Å². The number of hydrogen-bond acceptors (Lipinski definition) is 3. The lowest BCUT2D eigenvalue weighted by Crippen LogP contribution is -2.51. The van der Waals surface area contributed by atoms with Gasteiger partial charge in [-0.2, -0.15) is 17.5 Å². The number of nitrogens with zero attached hydrogens (tertiary/aromatic N) is 2. The van der Waals surface area contributed by atoms with Crippen molar-refractivity contribution in [3.8, 4) is 0 Å². The summed E-state index contributed by atoms with van der Waals surface area (Å²) in [6.07, 6.45) is 9.60. The lowest BCUT2D eigenvalue weighted by Gasteiger charge is -2.32. The third kappa shape index (κ3) is 6.51. The highest BCUT2D eigenvalue weighted by Gasteiger charge is 2.50. The van der Waals surface area contributed by atoms with E-state index in [9.17, 15) is 21.6 Å². The van der Waals surface area contributed by atoms with Crippen molar-refractivity contribution in [2.45, 2.75) is 69.3 Å². The van der Waals surface area contributed by atoms with Crippen molar-refractivity contribution in [2.75, 3.05) is 26.7 Å². The zero-order chi connectivity index (χ0) is 19.9. The summed E-state index contributed by atoms with van der Waals surface area (Å²) in [6, 6.07) is -0.0885. The van der Waals surface area contributed by atoms with E-state index < -0.39 is 15.5 Å². The molecule has 158 valence electrons. The molecule has 10 heteroatoms. The van der Waals surface area contributed by atoms with Crippen LogP contribution in [0.3, 0.4) is 0 Å². The van der Waals surface area contributed by atoms with Crippen molar-refractivity contribution in [1.29, 1.82) is 0 Å². The number of piperidine rings is 1. The van der Waals surface area contributed by atoms with E-state index in [0.29, 0.717) is 23.1 Å². The molecule has 0 radical (unpaired) electrons. The summed E-state index contributed by atoms with van der Waals surface area (Å²) in [7, 11) is -3.58. The van der Waals surface area contributed by atoms with E-state index in [-0.39, 0.29) is 19.1 Å². The number of hydrogen-bond donors (Lipinski definition) is 2. The Morgan fingerprint density at radius 2 is 1.74 bits per heavy atom. The van der Waals surface area contributed by atoms with Crippen LogP contribution < -0.4 is 10.6 Å². The second-order valence-corrected chi connectivity index (χ2v) is 9.34. The molecule has 1 aliphatic heterocycles. The summed E-state index contributed by atoms with van der Waals surface area (Å²) in [5, 5.41) is 6.42. The second-order valence-electron chi connectivity index (χ2n) is 7.41. The molecule has 0 bridgehead atoms. The maximum atomic E-state index is 12.6. The lowest BCUT2D eigenvalue weighted by atomic mass is 10.0. The fraction of sp³-hybridized carbons (Fsp3) is 0.941. The SMILES string of the molecule is CN=C(NCCCCC1CCCC1)NC1CCN(S(=O)(=O)C(F)(F)F)CC1. The van der Waals surface area contributed by atoms with E-state index in [1.54, 1.807) is 7.05 Å². The van der Waals surface area contributed by atoms with E-state index >= 15 is 0 Å². The van der Waals surface area contributed by atoms with Gasteiger partial charge in [-0.1, -0.05) is 38.5 Å². The van der Waals surface area contributed by atoms with Crippen LogP contribution in [0.15, 0.2) is 4.99 Å². The van der Waals surface area contributed by atoms with Gasteiger partial charge in [-0.3, -0.25) is 4.99 Å². The molecular formula is C17H31F3N4O2S. The highest BCUT2D eigenvalue weighted by molar-refractivity contribution is 7.90. The first kappa shape index (κ1) is 22.3. The van der Waals surface area contributed by atoms with Gasteiger partial charge in [0.15, 0.2) is 5.96 Å². The van der Waals surface area contributed by atoms with Crippen LogP contribution in [0.2, 0.25) is 0 Å². The Morgan fingerprint density at radius 3 is 2.30 bits per heavy atom. The fourth-order valence-corrected chi connectivity index (χ4v) is 4.82. The zero-order valence-electron chi connectivity index (χ0n) is 15.9. The molecular weight excluding hydrogens is 381 g/mol. The van der Waals surface area contributed by atoms with Gasteiger partial charge < -0.3 is 10.6 Å². The summed E-state index contributed by atoms with van der Waals surface area (Å²) in [5.74, 6) is 1.51. The van der Waals surface area contributed by atoms with Gasteiger partial charge in [0.05, 0.1) is 0 Å². The number of nitrogens with one attached hydrogen (secondary N) is 2. The molecule has 1 heterocycles. The van der Waals surface area contributed by atoms with E-state index in [1.165, 1.54) is 38.5 Å². The fourth-order valence-electron chi connectivity index (χ4n) is 3.84. The highest BCUT2D eigenvalue weighted by atomic mass is 32.2. The van der Waals surface area contributed by atoms with Crippen LogP contribution >= 0.6 is 0 Å². The van der Waals surface area contributed by atoms with Crippen molar-refractivity contribution < 1.29 is 21.6 Å². The topological polar surface area (TPSA) is 73.8 Å². The first-order chi connectivity index (χ1) is 12.7. The average Bonchev–Trinajstić information content (AvgIpc) is 3.13. The van der Waals surface area contributed by atoms with Crippen molar-refractivity contribution in [1.82, 2.24) is 14.9 Å². The molecule has 0 aromatic heterocycles. The van der Waals surface area contributed by atoms with Crippen LogP contribution in [-0.2, 0) is 10.0 Å². The largest absolute Gasteiger partial charge is 0.511 e. The average molecular weight is 413 g/mol. The summed E-state index contributed by atoms with van der Waals surface area (Å²) < 4.78 is 61.2. The molecule has 0 atom stereocenters. The molecule has 2 fully saturated rings. The van der Waals surface area contributed by atoms with Crippen LogP contribution in [0.4, 0.5) is 13.2 Å². The number of alkyl halides is 3. The smallest absolute Gasteiger partial charge is 0.356 e. The molecule has 0 spiro atoms. The Hall–Kier alpha value is -1.03. The van der Waals surface area contributed by atoms with Crippen molar-refractivity contribution in [3.05, 3.63) is 0 Å². The van der Waals surface area contributed by atoms with E-state index in [2.05, 4.69) is 15.6 Å². The number of halogens is 3. The molecule has 27 heavy (non-hydrogen) atoms. The lowest BCUT2D eigenvalue weighted by molar-refractivity contribution is -0.0494. The molecule has 0 unspecified atom stereocenters. The first-order valence-corrected chi connectivity index (χ1v) is 11.2. The van der Waals surface area contributed by atoms with Crippen LogP contribution in [0, 0.1) is 5.92 Å². The molecule has 1 saturated heterocycles. The Labute approximate surface area is 160 Å². The molecule has 6 nitrogen and oxygen atoms in total. The maximum Gasteiger partial charge on any atom is 0.511 e. The molecule has 0 aromatic carbocycles. The summed E-state index contributed by atoms with van der Waals surface area (Å²) in [5.41, 5.74) is -5.23. The second kappa shape index (κ2) is 9.95. The molecule has 2 aliphatic rings. The number of guanidine groups is 1. The Balaban J connectivity index is 1.65. The molecule has 1 saturated carbocycles. The standard InChI is InChI=1S/C17H31F3N4O2S/c1-21-16(22-11-5-4-8-14-6-2-3-7-14)23-15-9-12-24(13-10-15)27(25,26)17(18,19)20/h14-15H,2-13H2,1H3,(H2,21,22,23). The van der Waals surface area contributed by atoms with E-state index in [1.807, 2.05) is 0 Å². The number of unbranched alkanes of at least 4 members (excludes halogenated alkanes) is 1. The number of sulfonamides is 1. The minimum absolute atomic E-state index is 0.0885. The third-order valence-electron chi connectivity index (χ3n) is 5.46. The molecule has 2 rings (SSSR count). The van der Waals surface area contributed by atoms with Gasteiger partial charge in [-0.25, -0.2) is 8.42 Å². The predicted octanol–water partition coefficient (Wildman–Crippen LogP) is 2.83. The van der Waals surface area contributed by atoms with Gasteiger partial charge in [0.25, 0.3) is 0 Å². The van der Waals surface area contributed by atoms with Gasteiger partial charge in [-0.15, -0.1) is 0 Å². The summed E-state index contributed by atoms with van der Waals surface area (Å²) >= 11 is 0. The van der Waals surface area contributed by atoms with E-state index in [4.69, 9.17) is 0 Å². The molecule has 0 aromatic rings. The Morgan fingerprint density at radius 1 is 1.11 bits per heavy atom. The quantitative estimate of drug-likeness (QED) is 0.383. The normalized spacial score (nSPS) is 21.6. The maximum absolute atomic E-state index is 12.6. The minimum atomic E-state index is -5.23. The Bertz CT molecular complexity index is 581. The molecule has 2 N–H and O–H groups in total. The van der Waals surface area contributed by atoms with Gasteiger partial charge in [0.1, 0.15) is 0 Å². The van der Waals surface area contributed by atoms with Crippen LogP contribution in [0.25, 0.3) is 0 Å². The van der Waals surface area contributed by atoms with Crippen molar-refractivity contribution in [3.63, 3.8) is 0 Å². The van der Waals surface area contributed by atoms with Gasteiger partial charge in [0.2, 0.25) is 0 Å². The number of aliphatic imine (C=N–C) groups is 1. The van der Waals surface area contributed by atoms with Crippen molar-refractivity contribution >= 4 is 16.0 Å². The minimum Gasteiger partial charge on any atom is -0.356 e. The first-order valence-electron chi connectivity index (χ1n) is 9.77. The third-order valence-corrected chi connectivity index (χ3v) is 7.09.